The third-order valence-corrected chi connectivity index (χ3v) is 5.11. The van der Waals surface area contributed by atoms with E-state index in [0.29, 0.717) is 12.1 Å². The van der Waals surface area contributed by atoms with E-state index in [2.05, 4.69) is 26.6 Å². The van der Waals surface area contributed by atoms with Gasteiger partial charge in [0.2, 0.25) is 11.8 Å². The maximum absolute atomic E-state index is 13.0. The van der Waals surface area contributed by atoms with E-state index in [1.807, 2.05) is 0 Å². The molecule has 2 amide bonds. The van der Waals surface area contributed by atoms with Crippen LogP contribution in [0.1, 0.15) is 23.0 Å². The van der Waals surface area contributed by atoms with E-state index >= 15 is 0 Å². The number of aliphatic hydroxyl groups excluding tert-OH is 1. The normalized spacial score (nSPS) is 12.9. The van der Waals surface area contributed by atoms with Gasteiger partial charge in [-0.25, -0.2) is 0 Å². The minimum Gasteiger partial charge on any atom is -0.452 e. The van der Waals surface area contributed by atoms with E-state index in [4.69, 9.17) is 4.42 Å². The van der Waals surface area contributed by atoms with Crippen LogP contribution in [0.15, 0.2) is 69.8 Å². The van der Waals surface area contributed by atoms with Gasteiger partial charge in [-0.15, -0.1) is 0 Å². The molecule has 0 bridgehead atoms. The number of amides is 2. The van der Waals surface area contributed by atoms with Crippen LogP contribution in [-0.2, 0) is 21.9 Å². The van der Waals surface area contributed by atoms with E-state index in [1.54, 1.807) is 0 Å². The number of benzene rings is 2. The molecule has 1 aromatic heterocycles. The molecule has 13 heteroatoms. The number of alkyl halides is 6. The number of carbonyl (C=O) groups excluding carboxylic acids is 2. The highest BCUT2D eigenvalue weighted by Crippen LogP contribution is 2.33. The summed E-state index contributed by atoms with van der Waals surface area (Å²) in [5, 5.41) is 14.9. The van der Waals surface area contributed by atoms with Crippen molar-refractivity contribution in [2.24, 2.45) is 5.92 Å². The summed E-state index contributed by atoms with van der Waals surface area (Å²) in [4.78, 5) is 25.8. The number of halogens is 7. The third-order valence-electron chi connectivity index (χ3n) is 4.68. The smallest absolute Gasteiger partial charge is 0.416 e. The van der Waals surface area contributed by atoms with Crippen molar-refractivity contribution >= 4 is 39.1 Å². The predicted molar refractivity (Wildman–Crippen MR) is 115 cm³/mol. The first-order chi connectivity index (χ1) is 16.3. The molecule has 1 heterocycles. The molecule has 1 atom stereocenters. The number of anilines is 2. The molecule has 0 aliphatic heterocycles. The number of hydrogen-bond acceptors (Lipinski definition) is 4. The molecule has 0 spiro atoms. The lowest BCUT2D eigenvalue weighted by molar-refractivity contribution is -0.138. The van der Waals surface area contributed by atoms with Crippen LogP contribution < -0.4 is 10.6 Å². The summed E-state index contributed by atoms with van der Waals surface area (Å²) in [6.45, 7) is 0. The van der Waals surface area contributed by atoms with Crippen LogP contribution in [0, 0.1) is 5.92 Å². The van der Waals surface area contributed by atoms with Crippen molar-refractivity contribution in [3.63, 3.8) is 0 Å². The molecule has 1 unspecified atom stereocenters. The Bertz CT molecular complexity index is 1150. The van der Waals surface area contributed by atoms with Crippen LogP contribution >= 0.6 is 15.9 Å². The van der Waals surface area contributed by atoms with Gasteiger partial charge in [-0.2, -0.15) is 26.3 Å². The molecule has 2 aromatic carbocycles. The highest BCUT2D eigenvalue weighted by atomic mass is 79.9. The molecule has 0 radical (unpaired) electrons. The zero-order valence-electron chi connectivity index (χ0n) is 17.2. The van der Waals surface area contributed by atoms with Crippen LogP contribution in [0.4, 0.5) is 37.7 Å². The number of nitrogens with one attached hydrogen (secondary N) is 2. The number of hydrogen-bond donors (Lipinski definition) is 3. The lowest BCUT2D eigenvalue weighted by atomic mass is 9.97. The van der Waals surface area contributed by atoms with Gasteiger partial charge in [0.05, 0.1) is 11.1 Å². The third kappa shape index (κ3) is 6.63. The molecule has 0 saturated carbocycles. The van der Waals surface area contributed by atoms with Crippen LogP contribution in [0.3, 0.4) is 0 Å². The van der Waals surface area contributed by atoms with Gasteiger partial charge in [-0.05, 0) is 64.5 Å². The molecule has 0 aliphatic carbocycles. The van der Waals surface area contributed by atoms with Gasteiger partial charge < -0.3 is 20.2 Å². The van der Waals surface area contributed by atoms with Crippen molar-refractivity contribution in [2.75, 3.05) is 10.6 Å². The van der Waals surface area contributed by atoms with Crippen LogP contribution in [0.2, 0.25) is 0 Å². The summed E-state index contributed by atoms with van der Waals surface area (Å²) >= 11 is 2.99. The Balaban J connectivity index is 1.91. The fraction of sp³-hybridized carbons (Fsp3) is 0.182. The van der Waals surface area contributed by atoms with Crippen LogP contribution in [0.5, 0.6) is 0 Å². The molecule has 3 rings (SSSR count). The van der Waals surface area contributed by atoms with E-state index in [1.165, 1.54) is 12.1 Å². The van der Waals surface area contributed by atoms with Crippen molar-refractivity contribution < 1.29 is 45.5 Å². The first-order valence-electron chi connectivity index (χ1n) is 9.65. The van der Waals surface area contributed by atoms with Gasteiger partial charge >= 0.3 is 12.4 Å². The maximum Gasteiger partial charge on any atom is 0.416 e. The lowest BCUT2D eigenvalue weighted by Crippen LogP contribution is -2.38. The highest BCUT2D eigenvalue weighted by molar-refractivity contribution is 9.10. The van der Waals surface area contributed by atoms with Crippen molar-refractivity contribution in [2.45, 2.75) is 18.5 Å². The van der Waals surface area contributed by atoms with Gasteiger partial charge in [-0.3, -0.25) is 9.59 Å². The Kier molecular flexibility index (Phi) is 7.60. The average molecular weight is 565 g/mol. The molecule has 0 aliphatic rings. The van der Waals surface area contributed by atoms with Crippen LogP contribution in [-0.4, -0.2) is 16.9 Å². The largest absolute Gasteiger partial charge is 0.452 e. The number of carbonyl (C=O) groups is 2. The number of rotatable bonds is 6. The van der Waals surface area contributed by atoms with E-state index in [-0.39, 0.29) is 21.8 Å². The standard InChI is InChI=1S/C22H15BrF6N2O4/c23-16-8-7-15(35-16)18(32)17(19(33)30-13-5-1-3-11(9-13)21(24,25)26)20(34)31-14-6-2-4-12(10-14)22(27,28)29/h1-10,17-18,32H,(H,30,33)(H,31,34). The Morgan fingerprint density at radius 3 is 1.63 bits per heavy atom. The van der Waals surface area contributed by atoms with Crippen molar-refractivity contribution in [1.82, 2.24) is 0 Å². The lowest BCUT2D eigenvalue weighted by Gasteiger charge is -2.21. The van der Waals surface area contributed by atoms with Crippen molar-refractivity contribution in [3.05, 3.63) is 82.2 Å². The van der Waals surface area contributed by atoms with Gasteiger partial charge in [-0.1, -0.05) is 12.1 Å². The summed E-state index contributed by atoms with van der Waals surface area (Å²) in [7, 11) is 0. The first kappa shape index (κ1) is 26.3. The zero-order valence-corrected chi connectivity index (χ0v) is 18.8. The summed E-state index contributed by atoms with van der Waals surface area (Å²) in [5.41, 5.74) is -2.80. The Morgan fingerprint density at radius 1 is 0.800 bits per heavy atom. The topological polar surface area (TPSA) is 91.6 Å². The van der Waals surface area contributed by atoms with Gasteiger partial charge in [0.25, 0.3) is 0 Å². The molecular formula is C22H15BrF6N2O4. The molecule has 186 valence electrons. The number of aliphatic hydroxyl groups is 1. The molecule has 3 aromatic rings. The van der Waals surface area contributed by atoms with Crippen molar-refractivity contribution in [1.29, 1.82) is 0 Å². The maximum atomic E-state index is 13.0. The summed E-state index contributed by atoms with van der Waals surface area (Å²) in [5.74, 6) is -4.72. The zero-order chi connectivity index (χ0) is 26.0. The summed E-state index contributed by atoms with van der Waals surface area (Å²) < 4.78 is 83.2. The van der Waals surface area contributed by atoms with Crippen LogP contribution in [0.25, 0.3) is 0 Å². The van der Waals surface area contributed by atoms with Crippen molar-refractivity contribution in [3.8, 4) is 0 Å². The van der Waals surface area contributed by atoms with E-state index in [0.717, 1.165) is 36.4 Å². The van der Waals surface area contributed by atoms with Gasteiger partial charge in [0.1, 0.15) is 11.9 Å². The molecule has 6 nitrogen and oxygen atoms in total. The molecule has 35 heavy (non-hydrogen) atoms. The second kappa shape index (κ2) is 10.1. The minimum atomic E-state index is -4.71. The average Bonchev–Trinajstić information content (AvgIpc) is 3.19. The second-order valence-electron chi connectivity index (χ2n) is 7.20. The Labute approximate surface area is 202 Å². The SMILES string of the molecule is O=C(Nc1cccc(C(F)(F)F)c1)C(C(=O)Nc1cccc(C(F)(F)F)c1)C(O)c1ccc(Br)o1. The highest BCUT2D eigenvalue weighted by Gasteiger charge is 2.38. The number of furan rings is 1. The first-order valence-corrected chi connectivity index (χ1v) is 10.4. The molecular weight excluding hydrogens is 550 g/mol. The summed E-state index contributed by atoms with van der Waals surface area (Å²) in [6.07, 6.45) is -11.3. The minimum absolute atomic E-state index is 0.141. The monoisotopic (exact) mass is 564 g/mol. The van der Waals surface area contributed by atoms with Gasteiger partial charge in [0.15, 0.2) is 10.6 Å². The van der Waals surface area contributed by atoms with E-state index in [9.17, 15) is 41.0 Å². The van der Waals surface area contributed by atoms with Gasteiger partial charge in [0, 0.05) is 11.4 Å². The second-order valence-corrected chi connectivity index (χ2v) is 7.98. The van der Waals surface area contributed by atoms with E-state index < -0.39 is 47.3 Å². The predicted octanol–water partition coefficient (Wildman–Crippen LogP) is 6.01. The Hall–Kier alpha value is -3.32. The Morgan fingerprint density at radius 2 is 1.26 bits per heavy atom. The fourth-order valence-corrected chi connectivity index (χ4v) is 3.36. The summed E-state index contributed by atoms with van der Waals surface area (Å²) in [6, 6.07) is 9.67. The molecule has 0 fully saturated rings. The molecule has 0 saturated heterocycles. The quantitative estimate of drug-likeness (QED) is 0.253. The molecule has 3 N–H and O–H groups in total. The fourth-order valence-electron chi connectivity index (χ4n) is 3.04.